The zero-order chi connectivity index (χ0) is 12.0. The molecule has 16 heavy (non-hydrogen) atoms. The third-order valence-electron chi connectivity index (χ3n) is 2.79. The minimum absolute atomic E-state index is 0.220. The molecule has 0 radical (unpaired) electrons. The monoisotopic (exact) mass is 282 g/mol. The van der Waals surface area contributed by atoms with Gasteiger partial charge in [-0.05, 0) is 43.4 Å². The Bertz CT molecular complexity index is 350. The van der Waals surface area contributed by atoms with Crippen LogP contribution >= 0.6 is 15.9 Å². The molecule has 1 atom stereocenters. The number of hydrogen-bond donors (Lipinski definition) is 2. The van der Waals surface area contributed by atoms with Crippen molar-refractivity contribution in [3.63, 3.8) is 0 Å². The molecule has 0 saturated heterocycles. The number of rotatable bonds is 6. The van der Waals surface area contributed by atoms with E-state index in [1.54, 1.807) is 0 Å². The summed E-state index contributed by atoms with van der Waals surface area (Å²) in [5, 5.41) is 0. The van der Waals surface area contributed by atoms with Crippen molar-refractivity contribution in [3.05, 3.63) is 46.5 Å². The predicted octanol–water partition coefficient (Wildman–Crippen LogP) is 3.62. The van der Waals surface area contributed by atoms with Crippen LogP contribution in [0.5, 0.6) is 0 Å². The molecule has 3 N–H and O–H groups in total. The normalized spacial score (nSPS) is 12.4. The smallest absolute Gasteiger partial charge is 0.0463 e. The van der Waals surface area contributed by atoms with Crippen molar-refractivity contribution in [1.29, 1.82) is 0 Å². The number of hydrogen-bond acceptors (Lipinski definition) is 2. The van der Waals surface area contributed by atoms with Crippen LogP contribution in [0.1, 0.15) is 36.4 Å². The molecule has 0 aliphatic heterocycles. The Balaban J connectivity index is 2.78. The van der Waals surface area contributed by atoms with E-state index in [1.165, 1.54) is 11.1 Å². The van der Waals surface area contributed by atoms with E-state index in [9.17, 15) is 0 Å². The molecule has 0 spiro atoms. The Hall–Kier alpha value is -0.640. The highest BCUT2D eigenvalue weighted by atomic mass is 79.9. The van der Waals surface area contributed by atoms with Crippen molar-refractivity contribution in [3.8, 4) is 0 Å². The number of unbranched alkanes of at least 4 members (excludes halogenated alkanes) is 1. The quantitative estimate of drug-likeness (QED) is 0.362. The Morgan fingerprint density at radius 2 is 2.31 bits per heavy atom. The van der Waals surface area contributed by atoms with Crippen molar-refractivity contribution in [2.75, 3.05) is 0 Å². The van der Waals surface area contributed by atoms with Crippen LogP contribution in [-0.2, 0) is 0 Å². The lowest BCUT2D eigenvalue weighted by Crippen LogP contribution is -2.28. The van der Waals surface area contributed by atoms with Crippen LogP contribution < -0.4 is 11.3 Å². The van der Waals surface area contributed by atoms with Crippen LogP contribution in [0.3, 0.4) is 0 Å². The summed E-state index contributed by atoms with van der Waals surface area (Å²) in [4.78, 5) is 0. The van der Waals surface area contributed by atoms with E-state index in [2.05, 4.69) is 47.0 Å². The van der Waals surface area contributed by atoms with Gasteiger partial charge in [0.1, 0.15) is 0 Å². The molecule has 0 aliphatic rings. The van der Waals surface area contributed by atoms with Crippen molar-refractivity contribution in [2.45, 2.75) is 32.2 Å². The maximum absolute atomic E-state index is 5.61. The van der Waals surface area contributed by atoms with Gasteiger partial charge >= 0.3 is 0 Å². The van der Waals surface area contributed by atoms with Crippen molar-refractivity contribution >= 4 is 15.9 Å². The van der Waals surface area contributed by atoms with E-state index in [-0.39, 0.29) is 6.04 Å². The Kier molecular flexibility index (Phi) is 5.74. The summed E-state index contributed by atoms with van der Waals surface area (Å²) in [7, 11) is 0. The number of allylic oxidation sites excluding steroid dienone is 1. The number of hydrazine groups is 1. The van der Waals surface area contributed by atoms with Crippen LogP contribution in [0, 0.1) is 6.92 Å². The summed E-state index contributed by atoms with van der Waals surface area (Å²) >= 11 is 3.54. The van der Waals surface area contributed by atoms with Gasteiger partial charge < -0.3 is 0 Å². The first-order valence-electron chi connectivity index (χ1n) is 5.52. The summed E-state index contributed by atoms with van der Waals surface area (Å²) in [6, 6.07) is 6.44. The topological polar surface area (TPSA) is 38.0 Å². The second kappa shape index (κ2) is 6.84. The van der Waals surface area contributed by atoms with E-state index in [0.29, 0.717) is 0 Å². The third kappa shape index (κ3) is 3.44. The van der Waals surface area contributed by atoms with Crippen molar-refractivity contribution in [2.24, 2.45) is 5.84 Å². The molecule has 0 fully saturated rings. The van der Waals surface area contributed by atoms with Crippen molar-refractivity contribution < 1.29 is 0 Å². The van der Waals surface area contributed by atoms with E-state index in [4.69, 9.17) is 5.84 Å². The standard InChI is InChI=1S/C13H19BrN2/c1-3-4-5-9-13(16-15)11-7-6-8-12(14)10(11)2/h3,6-8,13,16H,1,4-5,9,15H2,2H3. The average molecular weight is 283 g/mol. The zero-order valence-electron chi connectivity index (χ0n) is 9.67. The lowest BCUT2D eigenvalue weighted by molar-refractivity contribution is 0.498. The van der Waals surface area contributed by atoms with Crippen molar-refractivity contribution in [1.82, 2.24) is 5.43 Å². The molecule has 0 heterocycles. The minimum Gasteiger partial charge on any atom is -0.271 e. The number of nitrogens with two attached hydrogens (primary N) is 1. The van der Waals surface area contributed by atoms with Gasteiger partial charge in [0.2, 0.25) is 0 Å². The molecular weight excluding hydrogens is 264 g/mol. The van der Waals surface area contributed by atoms with Gasteiger partial charge in [-0.3, -0.25) is 11.3 Å². The summed E-state index contributed by atoms with van der Waals surface area (Å²) in [6.07, 6.45) is 5.11. The first-order chi connectivity index (χ1) is 7.70. The average Bonchev–Trinajstić information content (AvgIpc) is 2.29. The lowest BCUT2D eigenvalue weighted by Gasteiger charge is -2.19. The highest BCUT2D eigenvalue weighted by molar-refractivity contribution is 9.10. The minimum atomic E-state index is 0.220. The van der Waals surface area contributed by atoms with Gasteiger partial charge in [0.15, 0.2) is 0 Å². The lowest BCUT2D eigenvalue weighted by atomic mass is 9.97. The largest absolute Gasteiger partial charge is 0.271 e. The molecule has 0 bridgehead atoms. The summed E-state index contributed by atoms with van der Waals surface area (Å²) in [5.74, 6) is 5.61. The highest BCUT2D eigenvalue weighted by Gasteiger charge is 2.12. The molecule has 0 amide bonds. The summed E-state index contributed by atoms with van der Waals surface area (Å²) in [5.41, 5.74) is 5.41. The molecule has 88 valence electrons. The maximum atomic E-state index is 5.61. The molecule has 0 aliphatic carbocycles. The number of nitrogens with one attached hydrogen (secondary N) is 1. The van der Waals surface area contributed by atoms with Crippen LogP contribution in [0.4, 0.5) is 0 Å². The molecular formula is C13H19BrN2. The molecule has 1 rings (SSSR count). The first kappa shape index (κ1) is 13.4. The van der Waals surface area contributed by atoms with Gasteiger partial charge in [-0.25, -0.2) is 0 Å². The van der Waals surface area contributed by atoms with Gasteiger partial charge in [-0.1, -0.05) is 34.1 Å². The predicted molar refractivity (Wildman–Crippen MR) is 73.0 cm³/mol. The highest BCUT2D eigenvalue weighted by Crippen LogP contribution is 2.27. The molecule has 1 aromatic rings. The fourth-order valence-electron chi connectivity index (χ4n) is 1.80. The van der Waals surface area contributed by atoms with Crippen LogP contribution in [0.2, 0.25) is 0 Å². The van der Waals surface area contributed by atoms with Gasteiger partial charge in [0.25, 0.3) is 0 Å². The second-order valence-electron chi connectivity index (χ2n) is 3.89. The van der Waals surface area contributed by atoms with Gasteiger partial charge in [-0.15, -0.1) is 6.58 Å². The van der Waals surface area contributed by atoms with Crippen LogP contribution in [0.15, 0.2) is 35.3 Å². The maximum Gasteiger partial charge on any atom is 0.0463 e. The molecule has 3 heteroatoms. The van der Waals surface area contributed by atoms with E-state index >= 15 is 0 Å². The van der Waals surface area contributed by atoms with E-state index in [0.717, 1.165) is 23.7 Å². The van der Waals surface area contributed by atoms with Crippen LogP contribution in [-0.4, -0.2) is 0 Å². The molecule has 0 aromatic heterocycles. The molecule has 1 unspecified atom stereocenters. The summed E-state index contributed by atoms with van der Waals surface area (Å²) in [6.45, 7) is 5.84. The third-order valence-corrected chi connectivity index (χ3v) is 3.65. The summed E-state index contributed by atoms with van der Waals surface area (Å²) < 4.78 is 1.13. The molecule has 1 aromatic carbocycles. The molecule has 2 nitrogen and oxygen atoms in total. The Morgan fingerprint density at radius 3 is 2.94 bits per heavy atom. The SMILES string of the molecule is C=CCCCC(NN)c1cccc(Br)c1C. The van der Waals surface area contributed by atoms with Gasteiger partial charge in [0, 0.05) is 10.5 Å². The van der Waals surface area contributed by atoms with E-state index < -0.39 is 0 Å². The number of benzene rings is 1. The first-order valence-corrected chi connectivity index (χ1v) is 6.32. The molecule has 0 saturated carbocycles. The second-order valence-corrected chi connectivity index (χ2v) is 4.75. The van der Waals surface area contributed by atoms with E-state index in [1.807, 2.05) is 12.1 Å². The fraction of sp³-hybridized carbons (Fsp3) is 0.385. The Morgan fingerprint density at radius 1 is 1.56 bits per heavy atom. The number of halogens is 1. The van der Waals surface area contributed by atoms with Gasteiger partial charge in [0.05, 0.1) is 0 Å². The zero-order valence-corrected chi connectivity index (χ0v) is 11.3. The fourth-order valence-corrected chi connectivity index (χ4v) is 2.18. The Labute approximate surface area is 106 Å². The van der Waals surface area contributed by atoms with Crippen LogP contribution in [0.25, 0.3) is 0 Å². The van der Waals surface area contributed by atoms with Gasteiger partial charge in [-0.2, -0.15) is 0 Å².